The minimum atomic E-state index is -0.429. The van der Waals surface area contributed by atoms with E-state index in [2.05, 4.69) is 16.3 Å². The van der Waals surface area contributed by atoms with Gasteiger partial charge in [0.15, 0.2) is 0 Å². The third kappa shape index (κ3) is 3.28. The first-order valence-corrected chi connectivity index (χ1v) is 6.31. The molecule has 1 unspecified atom stereocenters. The molecule has 6 nitrogen and oxygen atoms in total. The van der Waals surface area contributed by atoms with E-state index in [1.54, 1.807) is 12.1 Å². The molecule has 0 spiro atoms. The number of non-ortho nitro benzene ring substituents is 1. The minimum Gasteiger partial charge on any atom is -0.315 e. The van der Waals surface area contributed by atoms with Gasteiger partial charge in [-0.25, -0.2) is 0 Å². The lowest BCUT2D eigenvalue weighted by molar-refractivity contribution is -0.384. The number of rotatable bonds is 3. The van der Waals surface area contributed by atoms with Gasteiger partial charge in [-0.1, -0.05) is 12.1 Å². The molecule has 0 bridgehead atoms. The van der Waals surface area contributed by atoms with Gasteiger partial charge in [0, 0.05) is 31.8 Å². The number of hydrogen-bond acceptors (Lipinski definition) is 5. The molecule has 0 aromatic heterocycles. The fourth-order valence-electron chi connectivity index (χ4n) is 2.30. The lowest BCUT2D eigenvalue weighted by Crippen LogP contribution is -2.31. The highest BCUT2D eigenvalue weighted by Crippen LogP contribution is 2.24. The standard InChI is InChI=1S/C13H16N4O2/c14-10-13(16-7-2-5-15-6-8-16)11-3-1-4-12(9-11)17(18)19/h1,3-4,9,13,15H,2,5-8H2. The highest BCUT2D eigenvalue weighted by molar-refractivity contribution is 5.37. The molecule has 6 heteroatoms. The van der Waals surface area contributed by atoms with Crippen molar-refractivity contribution in [1.29, 1.82) is 5.26 Å². The zero-order chi connectivity index (χ0) is 13.7. The van der Waals surface area contributed by atoms with E-state index in [1.807, 2.05) is 0 Å². The van der Waals surface area contributed by atoms with Crippen LogP contribution in [0.1, 0.15) is 18.0 Å². The zero-order valence-corrected chi connectivity index (χ0v) is 10.6. The summed E-state index contributed by atoms with van der Waals surface area (Å²) in [6, 6.07) is 8.19. The van der Waals surface area contributed by atoms with Crippen molar-refractivity contribution < 1.29 is 4.92 Å². The quantitative estimate of drug-likeness (QED) is 0.657. The molecule has 19 heavy (non-hydrogen) atoms. The van der Waals surface area contributed by atoms with Crippen molar-refractivity contribution in [1.82, 2.24) is 10.2 Å². The lowest BCUT2D eigenvalue weighted by Gasteiger charge is -2.25. The maximum atomic E-state index is 10.8. The molecule has 1 aromatic carbocycles. The molecule has 1 aromatic rings. The first-order chi connectivity index (χ1) is 9.22. The average Bonchev–Trinajstić information content (AvgIpc) is 2.69. The molecule has 0 saturated carbocycles. The van der Waals surface area contributed by atoms with E-state index in [-0.39, 0.29) is 5.69 Å². The van der Waals surface area contributed by atoms with Crippen LogP contribution < -0.4 is 5.32 Å². The Bertz CT molecular complexity index is 490. The van der Waals surface area contributed by atoms with Crippen LogP contribution in [0.4, 0.5) is 5.69 Å². The normalized spacial score (nSPS) is 18.3. The number of nitriles is 1. The topological polar surface area (TPSA) is 82.2 Å². The molecule has 2 rings (SSSR count). The maximum Gasteiger partial charge on any atom is 0.269 e. The van der Waals surface area contributed by atoms with Crippen molar-refractivity contribution in [3.8, 4) is 6.07 Å². The second-order valence-electron chi connectivity index (χ2n) is 4.52. The van der Waals surface area contributed by atoms with Gasteiger partial charge in [-0.05, 0) is 18.5 Å². The summed E-state index contributed by atoms with van der Waals surface area (Å²) in [5, 5.41) is 23.4. The summed E-state index contributed by atoms with van der Waals surface area (Å²) in [7, 11) is 0. The number of nitrogens with one attached hydrogen (secondary N) is 1. The van der Waals surface area contributed by atoms with Crippen LogP contribution in [-0.2, 0) is 0 Å². The molecule has 1 aliphatic heterocycles. The molecular weight excluding hydrogens is 244 g/mol. The Balaban J connectivity index is 2.23. The Morgan fingerprint density at radius 2 is 2.26 bits per heavy atom. The molecular formula is C13H16N4O2. The van der Waals surface area contributed by atoms with Crippen LogP contribution in [0.25, 0.3) is 0 Å². The molecule has 0 amide bonds. The minimum absolute atomic E-state index is 0.0331. The predicted molar refractivity (Wildman–Crippen MR) is 70.5 cm³/mol. The maximum absolute atomic E-state index is 10.8. The second-order valence-corrected chi connectivity index (χ2v) is 4.52. The smallest absolute Gasteiger partial charge is 0.269 e. The summed E-state index contributed by atoms with van der Waals surface area (Å²) in [5.41, 5.74) is 0.726. The number of benzene rings is 1. The lowest BCUT2D eigenvalue weighted by atomic mass is 10.1. The molecule has 1 saturated heterocycles. The van der Waals surface area contributed by atoms with E-state index < -0.39 is 11.0 Å². The summed E-state index contributed by atoms with van der Waals surface area (Å²) in [5.74, 6) is 0. The van der Waals surface area contributed by atoms with Gasteiger partial charge in [0.2, 0.25) is 0 Å². The number of nitrogens with zero attached hydrogens (tertiary/aromatic N) is 3. The van der Waals surface area contributed by atoms with Gasteiger partial charge in [-0.15, -0.1) is 0 Å². The first kappa shape index (κ1) is 13.5. The summed E-state index contributed by atoms with van der Waals surface area (Å²) >= 11 is 0. The molecule has 1 aliphatic rings. The van der Waals surface area contributed by atoms with E-state index in [0.29, 0.717) is 5.56 Å². The summed E-state index contributed by atoms with van der Waals surface area (Å²) in [4.78, 5) is 12.4. The van der Waals surface area contributed by atoms with Crippen LogP contribution in [0.2, 0.25) is 0 Å². The largest absolute Gasteiger partial charge is 0.315 e. The molecule has 100 valence electrons. The van der Waals surface area contributed by atoms with Crippen LogP contribution in [0, 0.1) is 21.4 Å². The van der Waals surface area contributed by atoms with E-state index in [9.17, 15) is 15.4 Å². The van der Waals surface area contributed by atoms with Crippen molar-refractivity contribution in [2.24, 2.45) is 0 Å². The first-order valence-electron chi connectivity index (χ1n) is 6.31. The Kier molecular flexibility index (Phi) is 4.44. The Hall–Kier alpha value is -1.97. The third-order valence-corrected chi connectivity index (χ3v) is 3.26. The van der Waals surface area contributed by atoms with Gasteiger partial charge in [0.25, 0.3) is 5.69 Å². The number of nitro benzene ring substituents is 1. The molecule has 1 N–H and O–H groups in total. The van der Waals surface area contributed by atoms with E-state index >= 15 is 0 Å². The molecule has 1 heterocycles. The summed E-state index contributed by atoms with van der Waals surface area (Å²) in [6.07, 6.45) is 0.979. The monoisotopic (exact) mass is 260 g/mol. The van der Waals surface area contributed by atoms with Gasteiger partial charge < -0.3 is 5.32 Å². The molecule has 0 aliphatic carbocycles. The predicted octanol–water partition coefficient (Wildman–Crippen LogP) is 1.45. The Morgan fingerprint density at radius 3 is 3.00 bits per heavy atom. The van der Waals surface area contributed by atoms with Crippen LogP contribution in [0.3, 0.4) is 0 Å². The average molecular weight is 260 g/mol. The van der Waals surface area contributed by atoms with Gasteiger partial charge in [-0.2, -0.15) is 5.26 Å². The Labute approximate surface area is 111 Å². The van der Waals surface area contributed by atoms with Crippen molar-refractivity contribution >= 4 is 5.69 Å². The van der Waals surface area contributed by atoms with Gasteiger partial charge in [-0.3, -0.25) is 15.0 Å². The fourth-order valence-corrected chi connectivity index (χ4v) is 2.30. The number of nitro groups is 1. The summed E-state index contributed by atoms with van der Waals surface area (Å²) in [6.45, 7) is 3.39. The van der Waals surface area contributed by atoms with Crippen LogP contribution >= 0.6 is 0 Å². The highest BCUT2D eigenvalue weighted by Gasteiger charge is 2.22. The fraction of sp³-hybridized carbons (Fsp3) is 0.462. The molecule has 0 radical (unpaired) electrons. The summed E-state index contributed by atoms with van der Waals surface area (Å²) < 4.78 is 0. The van der Waals surface area contributed by atoms with Crippen molar-refractivity contribution in [3.63, 3.8) is 0 Å². The Morgan fingerprint density at radius 1 is 1.42 bits per heavy atom. The van der Waals surface area contributed by atoms with E-state index in [0.717, 1.165) is 32.6 Å². The highest BCUT2D eigenvalue weighted by atomic mass is 16.6. The number of hydrogen-bond donors (Lipinski definition) is 1. The SMILES string of the molecule is N#CC(c1cccc([N+](=O)[O-])c1)N1CCCNCC1. The van der Waals surface area contributed by atoms with Crippen LogP contribution in [0.5, 0.6) is 0 Å². The van der Waals surface area contributed by atoms with Crippen LogP contribution in [0.15, 0.2) is 24.3 Å². The van der Waals surface area contributed by atoms with Crippen molar-refractivity contribution in [3.05, 3.63) is 39.9 Å². The van der Waals surface area contributed by atoms with Gasteiger partial charge >= 0.3 is 0 Å². The van der Waals surface area contributed by atoms with Gasteiger partial charge in [0.1, 0.15) is 6.04 Å². The van der Waals surface area contributed by atoms with Crippen LogP contribution in [-0.4, -0.2) is 36.0 Å². The van der Waals surface area contributed by atoms with Crippen molar-refractivity contribution in [2.45, 2.75) is 12.5 Å². The molecule has 1 atom stereocenters. The van der Waals surface area contributed by atoms with Gasteiger partial charge in [0.05, 0.1) is 11.0 Å². The zero-order valence-electron chi connectivity index (χ0n) is 10.6. The van der Waals surface area contributed by atoms with E-state index in [1.165, 1.54) is 12.1 Å². The molecule has 1 fully saturated rings. The second kappa shape index (κ2) is 6.27. The third-order valence-electron chi connectivity index (χ3n) is 3.26. The van der Waals surface area contributed by atoms with E-state index in [4.69, 9.17) is 0 Å². The van der Waals surface area contributed by atoms with Crippen molar-refractivity contribution in [2.75, 3.05) is 26.2 Å².